The lowest BCUT2D eigenvalue weighted by molar-refractivity contribution is -0.121. The molecule has 6 nitrogen and oxygen atoms in total. The second-order valence-corrected chi connectivity index (χ2v) is 9.76. The first-order valence-electron chi connectivity index (χ1n) is 10.1. The molecule has 0 saturated heterocycles. The summed E-state index contributed by atoms with van der Waals surface area (Å²) in [6.07, 6.45) is 0. The first kappa shape index (κ1) is 24.7. The van der Waals surface area contributed by atoms with Gasteiger partial charge in [-0.1, -0.05) is 47.5 Å². The van der Waals surface area contributed by atoms with Gasteiger partial charge in [-0.3, -0.25) is 4.79 Å². The van der Waals surface area contributed by atoms with E-state index in [0.29, 0.717) is 5.75 Å². The zero-order valence-electron chi connectivity index (χ0n) is 18.2. The molecule has 0 saturated carbocycles. The molecule has 33 heavy (non-hydrogen) atoms. The predicted octanol–water partition coefficient (Wildman–Crippen LogP) is 4.30. The fourth-order valence-electron chi connectivity index (χ4n) is 3.11. The molecule has 0 radical (unpaired) electrons. The summed E-state index contributed by atoms with van der Waals surface area (Å²) in [5, 5.41) is 2.78. The van der Waals surface area contributed by atoms with Crippen LogP contribution >= 0.6 is 11.6 Å². The number of carbonyl (C=O) groups is 1. The molecule has 0 fully saturated rings. The molecule has 9 heteroatoms. The van der Waals surface area contributed by atoms with E-state index in [2.05, 4.69) is 5.32 Å². The Bertz CT molecular complexity index is 1200. The normalized spacial score (nSPS) is 11.4. The number of nitrogens with zero attached hydrogens (tertiary/aromatic N) is 1. The molecule has 1 amide bonds. The van der Waals surface area contributed by atoms with Crippen LogP contribution in [0.4, 0.5) is 4.39 Å². The second-order valence-electron chi connectivity index (χ2n) is 7.41. The summed E-state index contributed by atoms with van der Waals surface area (Å²) in [6, 6.07) is 17.4. The molecular weight excluding hydrogens is 467 g/mol. The Morgan fingerprint density at radius 2 is 1.73 bits per heavy atom. The van der Waals surface area contributed by atoms with Crippen LogP contribution in [0.2, 0.25) is 5.02 Å². The number of hydrogen-bond donors (Lipinski definition) is 1. The topological polar surface area (TPSA) is 75.7 Å². The minimum absolute atomic E-state index is 0.00203. The molecule has 0 bridgehead atoms. The molecule has 3 aromatic rings. The number of rotatable bonds is 9. The lowest BCUT2D eigenvalue weighted by atomic mass is 10.2. The number of methoxy groups -OCH3 is 1. The Labute approximate surface area is 198 Å². The second kappa shape index (κ2) is 10.8. The van der Waals surface area contributed by atoms with Gasteiger partial charge in [0, 0.05) is 23.7 Å². The predicted molar refractivity (Wildman–Crippen MR) is 125 cm³/mol. The van der Waals surface area contributed by atoms with E-state index in [0.717, 1.165) is 15.4 Å². The highest BCUT2D eigenvalue weighted by Gasteiger charge is 2.28. The largest absolute Gasteiger partial charge is 0.497 e. The summed E-state index contributed by atoms with van der Waals surface area (Å²) < 4.78 is 47.1. The van der Waals surface area contributed by atoms with E-state index in [1.807, 2.05) is 6.92 Å². The quantitative estimate of drug-likeness (QED) is 0.485. The van der Waals surface area contributed by atoms with Gasteiger partial charge in [-0.25, -0.2) is 12.8 Å². The standard InChI is InChI=1S/C24H24ClFN2O4S/c1-17-6-12-20(13-7-17)33(30,31)28(15-21-22(25)4-3-5-23(21)26)16-24(29)27-14-18-8-10-19(32-2)11-9-18/h3-13H,14-16H2,1-2H3,(H,27,29). The zero-order chi connectivity index (χ0) is 24.0. The molecule has 0 aliphatic carbocycles. The molecule has 3 rings (SSSR count). The highest BCUT2D eigenvalue weighted by molar-refractivity contribution is 7.89. The van der Waals surface area contributed by atoms with Crippen LogP contribution in [0.5, 0.6) is 5.75 Å². The fraction of sp³-hybridized carbons (Fsp3) is 0.208. The fourth-order valence-corrected chi connectivity index (χ4v) is 4.69. The van der Waals surface area contributed by atoms with Crippen molar-refractivity contribution in [1.29, 1.82) is 0 Å². The van der Waals surface area contributed by atoms with Crippen molar-refractivity contribution in [1.82, 2.24) is 9.62 Å². The van der Waals surface area contributed by atoms with E-state index in [1.54, 1.807) is 43.5 Å². The number of benzene rings is 3. The van der Waals surface area contributed by atoms with Crippen molar-refractivity contribution in [2.75, 3.05) is 13.7 Å². The van der Waals surface area contributed by atoms with Crippen LogP contribution in [-0.4, -0.2) is 32.3 Å². The third-order valence-electron chi connectivity index (χ3n) is 5.02. The van der Waals surface area contributed by atoms with Gasteiger partial charge < -0.3 is 10.1 Å². The Kier molecular flexibility index (Phi) is 8.07. The average molecular weight is 491 g/mol. The van der Waals surface area contributed by atoms with E-state index in [4.69, 9.17) is 16.3 Å². The van der Waals surface area contributed by atoms with Crippen LogP contribution in [-0.2, 0) is 27.9 Å². The van der Waals surface area contributed by atoms with Crippen molar-refractivity contribution >= 4 is 27.5 Å². The minimum atomic E-state index is -4.11. The average Bonchev–Trinajstić information content (AvgIpc) is 2.80. The SMILES string of the molecule is COc1ccc(CNC(=O)CN(Cc2c(F)cccc2Cl)S(=O)(=O)c2ccc(C)cc2)cc1. The van der Waals surface area contributed by atoms with Gasteiger partial charge in [0.1, 0.15) is 11.6 Å². The van der Waals surface area contributed by atoms with Crippen molar-refractivity contribution < 1.29 is 22.3 Å². The number of hydrogen-bond acceptors (Lipinski definition) is 4. The van der Waals surface area contributed by atoms with E-state index in [1.165, 1.54) is 30.3 Å². The molecule has 0 unspecified atom stereocenters. The first-order valence-corrected chi connectivity index (χ1v) is 11.9. The monoisotopic (exact) mass is 490 g/mol. The summed E-state index contributed by atoms with van der Waals surface area (Å²) >= 11 is 6.12. The molecule has 0 aromatic heterocycles. The van der Waals surface area contributed by atoms with Crippen molar-refractivity contribution in [3.8, 4) is 5.75 Å². The smallest absolute Gasteiger partial charge is 0.243 e. The zero-order valence-corrected chi connectivity index (χ0v) is 19.8. The summed E-state index contributed by atoms with van der Waals surface area (Å²) in [4.78, 5) is 12.7. The maximum Gasteiger partial charge on any atom is 0.243 e. The van der Waals surface area contributed by atoms with Crippen LogP contribution in [0.15, 0.2) is 71.6 Å². The first-order chi connectivity index (χ1) is 15.7. The third kappa shape index (κ3) is 6.31. The van der Waals surface area contributed by atoms with Gasteiger partial charge >= 0.3 is 0 Å². The van der Waals surface area contributed by atoms with Crippen LogP contribution in [0, 0.1) is 12.7 Å². The van der Waals surface area contributed by atoms with E-state index < -0.39 is 34.8 Å². The highest BCUT2D eigenvalue weighted by atomic mass is 35.5. The van der Waals surface area contributed by atoms with Crippen molar-refractivity contribution in [3.63, 3.8) is 0 Å². The molecule has 0 heterocycles. The molecule has 3 aromatic carbocycles. The lowest BCUT2D eigenvalue weighted by Crippen LogP contribution is -2.40. The summed E-state index contributed by atoms with van der Waals surface area (Å²) in [5.74, 6) is -0.499. The molecule has 1 N–H and O–H groups in total. The van der Waals surface area contributed by atoms with Crippen LogP contribution < -0.4 is 10.1 Å². The van der Waals surface area contributed by atoms with Gasteiger partial charge in [0.25, 0.3) is 0 Å². The summed E-state index contributed by atoms with van der Waals surface area (Å²) in [7, 11) is -2.55. The number of amides is 1. The molecule has 0 spiro atoms. The van der Waals surface area contributed by atoms with Gasteiger partial charge in [0.05, 0.1) is 18.6 Å². The Morgan fingerprint density at radius 3 is 2.33 bits per heavy atom. The molecule has 0 atom stereocenters. The van der Waals surface area contributed by atoms with Gasteiger partial charge in [-0.2, -0.15) is 4.31 Å². The van der Waals surface area contributed by atoms with Gasteiger partial charge in [-0.05, 0) is 48.9 Å². The van der Waals surface area contributed by atoms with Crippen molar-refractivity contribution in [2.24, 2.45) is 0 Å². The molecular formula is C24H24ClFN2O4S. The maximum absolute atomic E-state index is 14.4. The van der Waals surface area contributed by atoms with E-state index >= 15 is 0 Å². The van der Waals surface area contributed by atoms with Crippen molar-refractivity contribution in [2.45, 2.75) is 24.9 Å². The van der Waals surface area contributed by atoms with Crippen LogP contribution in [0.1, 0.15) is 16.7 Å². The number of nitrogens with one attached hydrogen (secondary N) is 1. The molecule has 0 aliphatic rings. The number of halogens is 2. The third-order valence-corrected chi connectivity index (χ3v) is 7.18. The Hall–Kier alpha value is -2.94. The Morgan fingerprint density at radius 1 is 1.06 bits per heavy atom. The van der Waals surface area contributed by atoms with Crippen LogP contribution in [0.3, 0.4) is 0 Å². The van der Waals surface area contributed by atoms with Crippen molar-refractivity contribution in [3.05, 3.63) is 94.3 Å². The van der Waals surface area contributed by atoms with Gasteiger partial charge in [0.2, 0.25) is 15.9 Å². The van der Waals surface area contributed by atoms with E-state index in [9.17, 15) is 17.6 Å². The lowest BCUT2D eigenvalue weighted by Gasteiger charge is -2.23. The number of ether oxygens (including phenoxy) is 1. The summed E-state index contributed by atoms with van der Waals surface area (Å²) in [5.41, 5.74) is 1.70. The molecule has 0 aliphatic heterocycles. The minimum Gasteiger partial charge on any atom is -0.497 e. The van der Waals surface area contributed by atoms with Gasteiger partial charge in [-0.15, -0.1) is 0 Å². The van der Waals surface area contributed by atoms with Crippen LogP contribution in [0.25, 0.3) is 0 Å². The number of aryl methyl sites for hydroxylation is 1. The van der Waals surface area contributed by atoms with Gasteiger partial charge in [0.15, 0.2) is 0 Å². The Balaban J connectivity index is 1.82. The number of carbonyl (C=O) groups excluding carboxylic acids is 1. The number of sulfonamides is 1. The van der Waals surface area contributed by atoms with E-state index in [-0.39, 0.29) is 22.0 Å². The highest BCUT2D eigenvalue weighted by Crippen LogP contribution is 2.25. The summed E-state index contributed by atoms with van der Waals surface area (Å²) in [6.45, 7) is 1.14. The maximum atomic E-state index is 14.4. The molecule has 174 valence electrons.